The summed E-state index contributed by atoms with van der Waals surface area (Å²) in [6.45, 7) is 1.91. The molecule has 1 unspecified atom stereocenters. The first kappa shape index (κ1) is 10.7. The Labute approximate surface area is 94.2 Å². The Hall–Kier alpha value is -1.80. The van der Waals surface area contributed by atoms with E-state index in [9.17, 15) is 4.79 Å². The van der Waals surface area contributed by atoms with Crippen LogP contribution in [0.25, 0.3) is 0 Å². The molecule has 1 saturated heterocycles. The number of rotatable bonds is 2. The summed E-state index contributed by atoms with van der Waals surface area (Å²) in [6.07, 6.45) is 9.29. The molecule has 1 atom stereocenters. The van der Waals surface area contributed by atoms with Crippen LogP contribution in [-0.2, 0) is 11.3 Å². The van der Waals surface area contributed by atoms with Gasteiger partial charge in [-0.1, -0.05) is 5.92 Å². The van der Waals surface area contributed by atoms with Gasteiger partial charge in [0.1, 0.15) is 6.54 Å². The molecular formula is C11H14N4O. The first-order chi connectivity index (χ1) is 7.79. The molecule has 84 valence electrons. The van der Waals surface area contributed by atoms with Crippen LogP contribution in [0.2, 0.25) is 0 Å². The highest BCUT2D eigenvalue weighted by Crippen LogP contribution is 2.16. The average molecular weight is 218 g/mol. The molecule has 1 aliphatic rings. The van der Waals surface area contributed by atoms with Gasteiger partial charge >= 0.3 is 0 Å². The number of carbonyl (C=O) groups is 1. The molecule has 0 spiro atoms. The van der Waals surface area contributed by atoms with Gasteiger partial charge in [0.25, 0.3) is 0 Å². The average Bonchev–Trinajstić information content (AvgIpc) is 2.61. The van der Waals surface area contributed by atoms with Crippen molar-refractivity contribution in [3.8, 4) is 12.3 Å². The lowest BCUT2D eigenvalue weighted by atomic mass is 10.1. The quantitative estimate of drug-likeness (QED) is 0.668. The van der Waals surface area contributed by atoms with Gasteiger partial charge in [-0.3, -0.25) is 9.48 Å². The van der Waals surface area contributed by atoms with E-state index in [0.29, 0.717) is 19.5 Å². The summed E-state index contributed by atoms with van der Waals surface area (Å²) in [7, 11) is 0. The van der Waals surface area contributed by atoms with E-state index in [0.717, 1.165) is 12.1 Å². The van der Waals surface area contributed by atoms with E-state index >= 15 is 0 Å². The van der Waals surface area contributed by atoms with Crippen LogP contribution in [0.15, 0.2) is 12.4 Å². The second kappa shape index (κ2) is 4.81. The van der Waals surface area contributed by atoms with Crippen molar-refractivity contribution in [3.05, 3.63) is 18.0 Å². The fourth-order valence-electron chi connectivity index (χ4n) is 1.75. The standard InChI is InChI=1S/C11H14N4O/c1-2-5-15-8-9(7-14-15)10-6-11(16)13-4-3-12-10/h1,7-8,10,12H,3-6H2,(H,13,16). The molecule has 0 bridgehead atoms. The summed E-state index contributed by atoms with van der Waals surface area (Å²) in [5.74, 6) is 2.59. The van der Waals surface area contributed by atoms with E-state index in [1.54, 1.807) is 10.9 Å². The predicted octanol–water partition coefficient (Wildman–Crippen LogP) is -0.333. The molecule has 0 aliphatic carbocycles. The molecule has 16 heavy (non-hydrogen) atoms. The van der Waals surface area contributed by atoms with Crippen molar-refractivity contribution < 1.29 is 4.79 Å². The molecule has 0 aromatic carbocycles. The molecule has 2 rings (SSSR count). The summed E-state index contributed by atoms with van der Waals surface area (Å²) < 4.78 is 1.69. The highest BCUT2D eigenvalue weighted by atomic mass is 16.1. The number of nitrogens with zero attached hydrogens (tertiary/aromatic N) is 2. The van der Waals surface area contributed by atoms with E-state index in [-0.39, 0.29) is 11.9 Å². The molecule has 2 N–H and O–H groups in total. The Morgan fingerprint density at radius 2 is 2.50 bits per heavy atom. The Morgan fingerprint density at radius 3 is 3.31 bits per heavy atom. The molecule has 0 radical (unpaired) electrons. The van der Waals surface area contributed by atoms with Crippen LogP contribution in [0, 0.1) is 12.3 Å². The summed E-state index contributed by atoms with van der Waals surface area (Å²) >= 11 is 0. The Bertz CT molecular complexity index is 418. The fraction of sp³-hybridized carbons (Fsp3) is 0.455. The normalized spacial score (nSPS) is 20.9. The van der Waals surface area contributed by atoms with E-state index in [2.05, 4.69) is 21.7 Å². The van der Waals surface area contributed by atoms with Crippen LogP contribution in [-0.4, -0.2) is 28.8 Å². The SMILES string of the molecule is C#CCn1cc(C2CC(=O)NCCN2)cn1. The fourth-order valence-corrected chi connectivity index (χ4v) is 1.75. The Kier molecular flexibility index (Phi) is 3.22. The number of hydrogen-bond acceptors (Lipinski definition) is 3. The number of aromatic nitrogens is 2. The lowest BCUT2D eigenvalue weighted by molar-refractivity contribution is -0.121. The van der Waals surface area contributed by atoms with Gasteiger partial charge < -0.3 is 10.6 Å². The first-order valence-corrected chi connectivity index (χ1v) is 5.25. The topological polar surface area (TPSA) is 59.0 Å². The monoisotopic (exact) mass is 218 g/mol. The molecule has 1 aliphatic heterocycles. The largest absolute Gasteiger partial charge is 0.355 e. The third kappa shape index (κ3) is 2.41. The van der Waals surface area contributed by atoms with Gasteiger partial charge in [0, 0.05) is 37.3 Å². The minimum atomic E-state index is 0.0361. The van der Waals surface area contributed by atoms with Gasteiger partial charge in [0.05, 0.1) is 6.20 Å². The highest BCUT2D eigenvalue weighted by molar-refractivity contribution is 5.77. The highest BCUT2D eigenvalue weighted by Gasteiger charge is 2.19. The molecule has 5 heteroatoms. The van der Waals surface area contributed by atoms with Crippen molar-refractivity contribution >= 4 is 5.91 Å². The van der Waals surface area contributed by atoms with Crippen molar-refractivity contribution in [2.75, 3.05) is 13.1 Å². The molecule has 1 aromatic rings. The maximum atomic E-state index is 11.4. The number of hydrogen-bond donors (Lipinski definition) is 2. The number of terminal acetylenes is 1. The van der Waals surface area contributed by atoms with Crippen molar-refractivity contribution in [2.24, 2.45) is 0 Å². The van der Waals surface area contributed by atoms with E-state index in [4.69, 9.17) is 6.42 Å². The summed E-state index contributed by atoms with van der Waals surface area (Å²) in [5, 5.41) is 10.2. The second-order valence-electron chi connectivity index (χ2n) is 3.74. The van der Waals surface area contributed by atoms with E-state index in [1.807, 2.05) is 6.20 Å². The van der Waals surface area contributed by atoms with Gasteiger partial charge in [0.2, 0.25) is 5.91 Å². The zero-order valence-electron chi connectivity index (χ0n) is 8.94. The number of nitrogens with one attached hydrogen (secondary N) is 2. The zero-order chi connectivity index (χ0) is 11.4. The van der Waals surface area contributed by atoms with Crippen LogP contribution < -0.4 is 10.6 Å². The van der Waals surface area contributed by atoms with Crippen LogP contribution in [0.5, 0.6) is 0 Å². The zero-order valence-corrected chi connectivity index (χ0v) is 8.94. The summed E-state index contributed by atoms with van der Waals surface area (Å²) in [6, 6.07) is 0.0361. The van der Waals surface area contributed by atoms with Crippen molar-refractivity contribution in [1.29, 1.82) is 0 Å². The summed E-state index contributed by atoms with van der Waals surface area (Å²) in [4.78, 5) is 11.4. The molecular weight excluding hydrogens is 204 g/mol. The van der Waals surface area contributed by atoms with Crippen LogP contribution in [0.1, 0.15) is 18.0 Å². The summed E-state index contributed by atoms with van der Waals surface area (Å²) in [5.41, 5.74) is 1.01. The second-order valence-corrected chi connectivity index (χ2v) is 3.74. The Balaban J connectivity index is 2.09. The van der Waals surface area contributed by atoms with Gasteiger partial charge in [0.15, 0.2) is 0 Å². The molecule has 1 fully saturated rings. The lowest BCUT2D eigenvalue weighted by Crippen LogP contribution is -2.24. The van der Waals surface area contributed by atoms with Gasteiger partial charge in [-0.15, -0.1) is 6.42 Å². The number of amides is 1. The third-order valence-corrected chi connectivity index (χ3v) is 2.54. The minimum Gasteiger partial charge on any atom is -0.355 e. The smallest absolute Gasteiger partial charge is 0.221 e. The maximum Gasteiger partial charge on any atom is 0.221 e. The van der Waals surface area contributed by atoms with Gasteiger partial charge in [-0.05, 0) is 0 Å². The third-order valence-electron chi connectivity index (χ3n) is 2.54. The van der Waals surface area contributed by atoms with E-state index < -0.39 is 0 Å². The predicted molar refractivity (Wildman–Crippen MR) is 59.4 cm³/mol. The van der Waals surface area contributed by atoms with Crippen molar-refractivity contribution in [1.82, 2.24) is 20.4 Å². The maximum absolute atomic E-state index is 11.4. The van der Waals surface area contributed by atoms with Crippen molar-refractivity contribution in [2.45, 2.75) is 19.0 Å². The van der Waals surface area contributed by atoms with Crippen LogP contribution in [0.3, 0.4) is 0 Å². The van der Waals surface area contributed by atoms with Gasteiger partial charge in [-0.2, -0.15) is 5.10 Å². The Morgan fingerprint density at radius 1 is 1.62 bits per heavy atom. The molecule has 1 aromatic heterocycles. The number of carbonyl (C=O) groups excluding carboxylic acids is 1. The molecule has 5 nitrogen and oxygen atoms in total. The van der Waals surface area contributed by atoms with Crippen LogP contribution in [0.4, 0.5) is 0 Å². The van der Waals surface area contributed by atoms with Crippen LogP contribution >= 0.6 is 0 Å². The lowest BCUT2D eigenvalue weighted by Gasteiger charge is -2.11. The molecule has 1 amide bonds. The molecule has 0 saturated carbocycles. The minimum absolute atomic E-state index is 0.0361. The van der Waals surface area contributed by atoms with E-state index in [1.165, 1.54) is 0 Å². The molecule has 2 heterocycles. The van der Waals surface area contributed by atoms with Crippen molar-refractivity contribution in [3.63, 3.8) is 0 Å². The first-order valence-electron chi connectivity index (χ1n) is 5.25. The van der Waals surface area contributed by atoms with Gasteiger partial charge in [-0.25, -0.2) is 0 Å².